The zero-order valence-corrected chi connectivity index (χ0v) is 22.8. The van der Waals surface area contributed by atoms with Gasteiger partial charge >= 0.3 is 6.18 Å². The highest BCUT2D eigenvalue weighted by atomic mass is 35.5. The molecule has 2 aliphatic heterocycles. The molecule has 14 heteroatoms. The van der Waals surface area contributed by atoms with Crippen LogP contribution in [0.25, 0.3) is 28.2 Å². The van der Waals surface area contributed by atoms with Crippen LogP contribution >= 0.6 is 11.6 Å². The summed E-state index contributed by atoms with van der Waals surface area (Å²) in [5, 5.41) is 10.4. The Morgan fingerprint density at radius 1 is 1.14 bits per heavy atom. The second kappa shape index (κ2) is 9.04. The van der Waals surface area contributed by atoms with Crippen LogP contribution in [0.4, 0.5) is 18.9 Å². The number of nitrogens with zero attached hydrogens (tertiary/aromatic N) is 6. The molecular weight excluding hydrogens is 585 g/mol. The fourth-order valence-corrected chi connectivity index (χ4v) is 6.10. The quantitative estimate of drug-likeness (QED) is 0.275. The van der Waals surface area contributed by atoms with Gasteiger partial charge in [-0.05, 0) is 42.7 Å². The van der Waals surface area contributed by atoms with E-state index in [0.717, 1.165) is 39.9 Å². The number of ether oxygens (including phenoxy) is 1. The van der Waals surface area contributed by atoms with E-state index < -0.39 is 11.9 Å². The van der Waals surface area contributed by atoms with Gasteiger partial charge in [-0.15, -0.1) is 5.10 Å². The maximum atomic E-state index is 13.6. The van der Waals surface area contributed by atoms with E-state index in [0.29, 0.717) is 34.6 Å². The van der Waals surface area contributed by atoms with E-state index in [9.17, 15) is 18.0 Å². The summed E-state index contributed by atoms with van der Waals surface area (Å²) in [6.45, 7) is 4.28. The molecule has 0 radical (unpaired) electrons. The van der Waals surface area contributed by atoms with E-state index in [-0.39, 0.29) is 34.8 Å². The lowest BCUT2D eigenvalue weighted by Crippen LogP contribution is -2.27. The lowest BCUT2D eigenvalue weighted by molar-refractivity contribution is -0.141. The summed E-state index contributed by atoms with van der Waals surface area (Å²) in [6, 6.07) is 11.4. The predicted octanol–water partition coefficient (Wildman–Crippen LogP) is 5.58. The van der Waals surface area contributed by atoms with Crippen LogP contribution < -0.4 is 15.6 Å². The number of anilines is 1. The lowest BCUT2D eigenvalue weighted by Gasteiger charge is -2.21. The Labute approximate surface area is 245 Å². The van der Waals surface area contributed by atoms with Crippen LogP contribution in [0.15, 0.2) is 71.9 Å². The minimum absolute atomic E-state index is 0.0494. The van der Waals surface area contributed by atoms with Crippen molar-refractivity contribution in [3.63, 3.8) is 0 Å². The normalized spacial score (nSPS) is 20.2. The number of halogens is 4. The number of hydrogen-bond acceptors (Lipinski definition) is 7. The van der Waals surface area contributed by atoms with Crippen LogP contribution in [0.2, 0.25) is 5.02 Å². The first-order valence-electron chi connectivity index (χ1n) is 13.3. The maximum absolute atomic E-state index is 13.6. The summed E-state index contributed by atoms with van der Waals surface area (Å²) >= 11 is 6.26. The molecule has 1 aliphatic carbocycles. The third-order valence-corrected chi connectivity index (χ3v) is 8.22. The average Bonchev–Trinajstić information content (AvgIpc) is 3.30. The molecule has 216 valence electrons. The average molecular weight is 605 g/mol. The van der Waals surface area contributed by atoms with Crippen LogP contribution in [0.5, 0.6) is 5.75 Å². The van der Waals surface area contributed by atoms with Crippen molar-refractivity contribution in [1.29, 1.82) is 0 Å². The number of fused-ring (bicyclic) bond motifs is 4. The molecule has 0 spiro atoms. The molecule has 1 saturated carbocycles. The molecule has 3 unspecified atom stereocenters. The Morgan fingerprint density at radius 2 is 2.00 bits per heavy atom. The first kappa shape index (κ1) is 25.8. The first-order valence-corrected chi connectivity index (χ1v) is 13.7. The van der Waals surface area contributed by atoms with E-state index in [4.69, 9.17) is 21.3 Å². The van der Waals surface area contributed by atoms with E-state index in [1.165, 1.54) is 18.2 Å². The summed E-state index contributed by atoms with van der Waals surface area (Å²) in [7, 11) is 0. The fourth-order valence-electron chi connectivity index (χ4n) is 5.93. The molecule has 0 saturated heterocycles. The molecule has 8 rings (SSSR count). The number of alkyl halides is 3. The third-order valence-electron chi connectivity index (χ3n) is 7.98. The highest BCUT2D eigenvalue weighted by Gasteiger charge is 2.55. The van der Waals surface area contributed by atoms with Crippen molar-refractivity contribution in [2.24, 2.45) is 5.92 Å². The van der Waals surface area contributed by atoms with Crippen LogP contribution in [0.1, 0.15) is 35.7 Å². The number of H-pyrrole nitrogens is 1. The summed E-state index contributed by atoms with van der Waals surface area (Å²) in [5.74, 6) is 2.15. The number of aromatic nitrogens is 7. The molecule has 10 nitrogen and oxygen atoms in total. The van der Waals surface area contributed by atoms with Gasteiger partial charge in [0.1, 0.15) is 24.0 Å². The van der Waals surface area contributed by atoms with Gasteiger partial charge in [0.15, 0.2) is 5.69 Å². The minimum Gasteiger partial charge on any atom is -0.485 e. The number of imidazole rings is 1. The molecule has 0 bridgehead atoms. The molecule has 2 N–H and O–H groups in total. The number of nitrogens with one attached hydrogen (secondary N) is 2. The zero-order chi connectivity index (χ0) is 29.6. The van der Waals surface area contributed by atoms with Gasteiger partial charge in [0.05, 0.1) is 41.2 Å². The van der Waals surface area contributed by atoms with Crippen LogP contribution in [0.3, 0.4) is 0 Å². The van der Waals surface area contributed by atoms with Crippen molar-refractivity contribution < 1.29 is 17.9 Å². The largest absolute Gasteiger partial charge is 0.485 e. The Kier molecular flexibility index (Phi) is 5.42. The van der Waals surface area contributed by atoms with Crippen LogP contribution in [0, 0.1) is 5.92 Å². The second-order valence-electron chi connectivity index (χ2n) is 10.8. The van der Waals surface area contributed by atoms with Crippen molar-refractivity contribution in [3.05, 3.63) is 99.9 Å². The maximum Gasteiger partial charge on any atom is 0.436 e. The van der Waals surface area contributed by atoms with E-state index >= 15 is 0 Å². The number of hydrogen-bond donors (Lipinski definition) is 2. The topological polar surface area (TPSA) is 116 Å². The van der Waals surface area contributed by atoms with E-state index in [1.54, 1.807) is 16.8 Å². The predicted molar refractivity (Wildman–Crippen MR) is 150 cm³/mol. The summed E-state index contributed by atoms with van der Waals surface area (Å²) in [6.07, 6.45) is -1.30. The standard InChI is InChI=1S/C29H20ClF3N8O2/c1-13-12-43-23-6-14(2-4-19(23)35-13)21-10-34-27(36-21)26-16-8-17(16)28-37-20(9-25(42)41(26)28)18-7-15(30)3-5-22(18)40-11-24(38-39-40)29(31,32)33/h2-7,9-11,16-17,26,35H,1,8,12H2,(H,34,36). The number of benzene rings is 2. The van der Waals surface area contributed by atoms with E-state index in [2.05, 4.69) is 32.2 Å². The summed E-state index contributed by atoms with van der Waals surface area (Å²) in [5.41, 5.74) is 2.76. The van der Waals surface area contributed by atoms with Crippen molar-refractivity contribution in [2.45, 2.75) is 24.6 Å². The SMILES string of the molecule is C=C1COc2cc(-c3cnc(C4C5CC5c5nc(-c6cc(Cl)ccc6-n6cc(C(F)(F)F)nn6)cc(=O)n54)[nH]3)ccc2N1. The molecule has 3 aromatic heterocycles. The third kappa shape index (κ3) is 4.22. The van der Waals surface area contributed by atoms with Gasteiger partial charge in [-0.2, -0.15) is 13.2 Å². The fraction of sp³-hybridized carbons (Fsp3) is 0.207. The van der Waals surface area contributed by atoms with E-state index in [1.807, 2.05) is 18.2 Å². The number of aromatic amines is 1. The zero-order valence-electron chi connectivity index (χ0n) is 22.1. The Hall–Kier alpha value is -4.91. The molecule has 43 heavy (non-hydrogen) atoms. The minimum atomic E-state index is -4.66. The Bertz CT molecular complexity index is 2030. The number of rotatable bonds is 4. The Morgan fingerprint density at radius 3 is 2.81 bits per heavy atom. The van der Waals surface area contributed by atoms with Gasteiger partial charge in [0.2, 0.25) is 0 Å². The van der Waals surface area contributed by atoms with Gasteiger partial charge in [-0.1, -0.05) is 29.5 Å². The highest BCUT2D eigenvalue weighted by Crippen LogP contribution is 2.59. The molecule has 5 heterocycles. The smallest absolute Gasteiger partial charge is 0.436 e. The second-order valence-corrected chi connectivity index (χ2v) is 11.2. The molecule has 0 amide bonds. The van der Waals surface area contributed by atoms with Crippen molar-refractivity contribution in [2.75, 3.05) is 11.9 Å². The molecule has 5 aromatic rings. The van der Waals surface area contributed by atoms with Crippen molar-refractivity contribution in [3.8, 4) is 34.0 Å². The van der Waals surface area contributed by atoms with Gasteiger partial charge in [0.25, 0.3) is 5.56 Å². The summed E-state index contributed by atoms with van der Waals surface area (Å²) < 4.78 is 48.0. The molecule has 3 atom stereocenters. The summed E-state index contributed by atoms with van der Waals surface area (Å²) in [4.78, 5) is 26.5. The van der Waals surface area contributed by atoms with Crippen LogP contribution in [-0.4, -0.2) is 41.1 Å². The van der Waals surface area contributed by atoms with Crippen molar-refractivity contribution in [1.82, 2.24) is 34.5 Å². The Balaban J connectivity index is 1.15. The molecule has 1 fully saturated rings. The lowest BCUT2D eigenvalue weighted by atomic mass is 10.1. The van der Waals surface area contributed by atoms with Crippen LogP contribution in [-0.2, 0) is 6.18 Å². The van der Waals surface area contributed by atoms with Gasteiger partial charge in [-0.25, -0.2) is 14.6 Å². The highest BCUT2D eigenvalue weighted by molar-refractivity contribution is 6.31. The van der Waals surface area contributed by atoms with Crippen molar-refractivity contribution >= 4 is 17.3 Å². The molecule has 2 aromatic carbocycles. The van der Waals surface area contributed by atoms with Gasteiger partial charge in [-0.3, -0.25) is 9.36 Å². The first-order chi connectivity index (χ1) is 20.6. The monoisotopic (exact) mass is 604 g/mol. The van der Waals surface area contributed by atoms with Gasteiger partial charge < -0.3 is 15.0 Å². The van der Waals surface area contributed by atoms with Gasteiger partial charge in [0, 0.05) is 33.8 Å². The molecule has 3 aliphatic rings. The molecular formula is C29H20ClF3N8O2.